The molecule has 3 amide bonds. The molecule has 1 unspecified atom stereocenters. The molecule has 2 rings (SSSR count). The number of carbonyl (C=O) groups excluding carboxylic acids is 3. The van der Waals surface area contributed by atoms with Crippen molar-refractivity contribution >= 4 is 29.1 Å². The third-order valence-corrected chi connectivity index (χ3v) is 4.27. The Bertz CT molecular complexity index is 670. The highest BCUT2D eigenvalue weighted by Crippen LogP contribution is 2.24. The third kappa shape index (κ3) is 5.05. The molecule has 2 N–H and O–H groups in total. The SMILES string of the molecule is CCC(=O)Nc1ccc(C)c(NC(=O)C2CC(=O)N(CC(C)C)C2)c1. The fourth-order valence-corrected chi connectivity index (χ4v) is 2.88. The molecule has 0 bridgehead atoms. The summed E-state index contributed by atoms with van der Waals surface area (Å²) in [6.07, 6.45) is 0.648. The van der Waals surface area contributed by atoms with Crippen molar-refractivity contribution in [3.63, 3.8) is 0 Å². The lowest BCUT2D eigenvalue weighted by Crippen LogP contribution is -2.31. The fourth-order valence-electron chi connectivity index (χ4n) is 2.88. The van der Waals surface area contributed by atoms with Crippen LogP contribution in [0.3, 0.4) is 0 Å². The summed E-state index contributed by atoms with van der Waals surface area (Å²) in [5.41, 5.74) is 2.22. The zero-order valence-electron chi connectivity index (χ0n) is 15.4. The number of carbonyl (C=O) groups is 3. The van der Waals surface area contributed by atoms with E-state index in [9.17, 15) is 14.4 Å². The summed E-state index contributed by atoms with van der Waals surface area (Å²) in [5.74, 6) is -0.144. The molecular weight excluding hydrogens is 318 g/mol. The second-order valence-electron chi connectivity index (χ2n) is 7.01. The monoisotopic (exact) mass is 345 g/mol. The van der Waals surface area contributed by atoms with Crippen LogP contribution in [0.1, 0.15) is 39.2 Å². The molecule has 0 aromatic heterocycles. The maximum absolute atomic E-state index is 12.6. The Hall–Kier alpha value is -2.37. The fraction of sp³-hybridized carbons (Fsp3) is 0.526. The molecule has 0 spiro atoms. The number of nitrogens with zero attached hydrogens (tertiary/aromatic N) is 1. The molecule has 0 saturated carbocycles. The van der Waals surface area contributed by atoms with E-state index in [-0.39, 0.29) is 30.1 Å². The molecule has 1 heterocycles. The van der Waals surface area contributed by atoms with Crippen LogP contribution in [0.25, 0.3) is 0 Å². The van der Waals surface area contributed by atoms with Gasteiger partial charge in [0.25, 0.3) is 0 Å². The molecule has 1 fully saturated rings. The minimum atomic E-state index is -0.334. The molecule has 6 nitrogen and oxygen atoms in total. The van der Waals surface area contributed by atoms with Crippen LogP contribution in [-0.4, -0.2) is 35.7 Å². The standard InChI is InChI=1S/C19H27N3O3/c1-5-17(23)20-15-7-6-13(4)16(9-15)21-19(25)14-8-18(24)22(11-14)10-12(2)3/h6-7,9,12,14H,5,8,10-11H2,1-4H3,(H,20,23)(H,21,25). The van der Waals surface area contributed by atoms with Crippen molar-refractivity contribution in [1.82, 2.24) is 4.90 Å². The molecule has 136 valence electrons. The number of aryl methyl sites for hydroxylation is 1. The first-order chi connectivity index (χ1) is 11.8. The van der Waals surface area contributed by atoms with E-state index in [1.54, 1.807) is 17.9 Å². The van der Waals surface area contributed by atoms with Crippen LogP contribution in [0, 0.1) is 18.8 Å². The highest BCUT2D eigenvalue weighted by atomic mass is 16.2. The highest BCUT2D eigenvalue weighted by molar-refractivity contribution is 5.98. The van der Waals surface area contributed by atoms with Gasteiger partial charge in [0.05, 0.1) is 5.92 Å². The van der Waals surface area contributed by atoms with E-state index in [0.29, 0.717) is 36.8 Å². The highest BCUT2D eigenvalue weighted by Gasteiger charge is 2.34. The van der Waals surface area contributed by atoms with Gasteiger partial charge in [-0.3, -0.25) is 14.4 Å². The van der Waals surface area contributed by atoms with Crippen molar-refractivity contribution in [2.75, 3.05) is 23.7 Å². The zero-order chi connectivity index (χ0) is 18.6. The summed E-state index contributed by atoms with van der Waals surface area (Å²) in [6.45, 7) is 8.94. The number of rotatable bonds is 6. The van der Waals surface area contributed by atoms with E-state index >= 15 is 0 Å². The Morgan fingerprint density at radius 3 is 2.64 bits per heavy atom. The van der Waals surface area contributed by atoms with Crippen LogP contribution in [0.5, 0.6) is 0 Å². The van der Waals surface area contributed by atoms with E-state index in [2.05, 4.69) is 24.5 Å². The number of hydrogen-bond acceptors (Lipinski definition) is 3. The smallest absolute Gasteiger partial charge is 0.229 e. The van der Waals surface area contributed by atoms with Crippen LogP contribution in [0.2, 0.25) is 0 Å². The van der Waals surface area contributed by atoms with Crippen molar-refractivity contribution in [3.05, 3.63) is 23.8 Å². The molecule has 25 heavy (non-hydrogen) atoms. The van der Waals surface area contributed by atoms with Crippen molar-refractivity contribution in [1.29, 1.82) is 0 Å². The number of likely N-dealkylation sites (tertiary alicyclic amines) is 1. The van der Waals surface area contributed by atoms with Gasteiger partial charge in [0.2, 0.25) is 17.7 Å². The summed E-state index contributed by atoms with van der Waals surface area (Å²) in [5, 5.41) is 5.69. The van der Waals surface area contributed by atoms with Gasteiger partial charge in [-0.25, -0.2) is 0 Å². The number of benzene rings is 1. The van der Waals surface area contributed by atoms with Crippen LogP contribution in [-0.2, 0) is 14.4 Å². The third-order valence-electron chi connectivity index (χ3n) is 4.27. The second kappa shape index (κ2) is 8.14. The summed E-state index contributed by atoms with van der Waals surface area (Å²) in [7, 11) is 0. The average molecular weight is 345 g/mol. The molecule has 1 saturated heterocycles. The Kier molecular flexibility index (Phi) is 6.17. The molecule has 1 aromatic rings. The van der Waals surface area contributed by atoms with Gasteiger partial charge in [-0.05, 0) is 30.5 Å². The molecular formula is C19H27N3O3. The van der Waals surface area contributed by atoms with Gasteiger partial charge in [0, 0.05) is 37.3 Å². The van der Waals surface area contributed by atoms with Crippen LogP contribution >= 0.6 is 0 Å². The van der Waals surface area contributed by atoms with E-state index in [1.165, 1.54) is 0 Å². The Morgan fingerprint density at radius 2 is 2.00 bits per heavy atom. The summed E-state index contributed by atoms with van der Waals surface area (Å²) >= 11 is 0. The first-order valence-electron chi connectivity index (χ1n) is 8.79. The normalized spacial score (nSPS) is 17.1. The maximum Gasteiger partial charge on any atom is 0.229 e. The molecule has 1 aromatic carbocycles. The van der Waals surface area contributed by atoms with E-state index in [0.717, 1.165) is 5.56 Å². The second-order valence-corrected chi connectivity index (χ2v) is 7.01. The van der Waals surface area contributed by atoms with E-state index in [4.69, 9.17) is 0 Å². The molecule has 0 aliphatic carbocycles. The van der Waals surface area contributed by atoms with Crippen molar-refractivity contribution in [2.45, 2.75) is 40.5 Å². The number of hydrogen-bond donors (Lipinski definition) is 2. The van der Waals surface area contributed by atoms with Crippen molar-refractivity contribution in [3.8, 4) is 0 Å². The summed E-state index contributed by atoms with van der Waals surface area (Å²) < 4.78 is 0. The Labute approximate surface area is 149 Å². The van der Waals surface area contributed by atoms with Gasteiger partial charge in [0.15, 0.2) is 0 Å². The number of amides is 3. The molecule has 1 atom stereocenters. The Morgan fingerprint density at radius 1 is 1.28 bits per heavy atom. The predicted octanol–water partition coefficient (Wildman–Crippen LogP) is 2.79. The lowest BCUT2D eigenvalue weighted by atomic mass is 10.1. The van der Waals surface area contributed by atoms with Gasteiger partial charge in [0.1, 0.15) is 0 Å². The van der Waals surface area contributed by atoms with Crippen molar-refractivity contribution in [2.24, 2.45) is 11.8 Å². The van der Waals surface area contributed by atoms with Gasteiger partial charge in [-0.15, -0.1) is 0 Å². The predicted molar refractivity (Wildman–Crippen MR) is 98.3 cm³/mol. The van der Waals surface area contributed by atoms with Gasteiger partial charge < -0.3 is 15.5 Å². The van der Waals surface area contributed by atoms with Gasteiger partial charge in [-0.2, -0.15) is 0 Å². The van der Waals surface area contributed by atoms with Crippen LogP contribution < -0.4 is 10.6 Å². The number of nitrogens with one attached hydrogen (secondary N) is 2. The first kappa shape index (κ1) is 19.0. The van der Waals surface area contributed by atoms with E-state index < -0.39 is 0 Å². The summed E-state index contributed by atoms with van der Waals surface area (Å²) in [4.78, 5) is 37.9. The molecule has 0 radical (unpaired) electrons. The lowest BCUT2D eigenvalue weighted by molar-refractivity contribution is -0.128. The molecule has 1 aliphatic heterocycles. The van der Waals surface area contributed by atoms with Crippen LogP contribution in [0.4, 0.5) is 11.4 Å². The Balaban J connectivity index is 2.04. The molecule has 6 heteroatoms. The molecule has 1 aliphatic rings. The van der Waals surface area contributed by atoms with Crippen LogP contribution in [0.15, 0.2) is 18.2 Å². The number of anilines is 2. The van der Waals surface area contributed by atoms with E-state index in [1.807, 2.05) is 19.1 Å². The average Bonchev–Trinajstić information content (AvgIpc) is 2.90. The topological polar surface area (TPSA) is 78.5 Å². The zero-order valence-corrected chi connectivity index (χ0v) is 15.4. The minimum Gasteiger partial charge on any atom is -0.342 e. The van der Waals surface area contributed by atoms with Crippen molar-refractivity contribution < 1.29 is 14.4 Å². The lowest BCUT2D eigenvalue weighted by Gasteiger charge is -2.19. The quantitative estimate of drug-likeness (QED) is 0.832. The van der Waals surface area contributed by atoms with Gasteiger partial charge >= 0.3 is 0 Å². The van der Waals surface area contributed by atoms with Gasteiger partial charge in [-0.1, -0.05) is 26.8 Å². The first-order valence-corrected chi connectivity index (χ1v) is 8.79. The maximum atomic E-state index is 12.6. The largest absolute Gasteiger partial charge is 0.342 e. The minimum absolute atomic E-state index is 0.0366. The summed E-state index contributed by atoms with van der Waals surface area (Å²) in [6, 6.07) is 5.41.